The van der Waals surface area contributed by atoms with Crippen molar-refractivity contribution in [1.82, 2.24) is 4.90 Å². The van der Waals surface area contributed by atoms with Gasteiger partial charge in [-0.1, -0.05) is 22.0 Å². The molecule has 0 radical (unpaired) electrons. The van der Waals surface area contributed by atoms with E-state index in [1.54, 1.807) is 47.1 Å². The highest BCUT2D eigenvalue weighted by atomic mass is 79.9. The highest BCUT2D eigenvalue weighted by molar-refractivity contribution is 9.10. The third-order valence-electron chi connectivity index (χ3n) is 5.22. The van der Waals surface area contributed by atoms with Crippen LogP contribution in [0.15, 0.2) is 40.9 Å². The first kappa shape index (κ1) is 25.8. The number of hydrogen-bond acceptors (Lipinski definition) is 6. The van der Waals surface area contributed by atoms with E-state index in [-0.39, 0.29) is 12.5 Å². The lowest BCUT2D eigenvalue weighted by Crippen LogP contribution is -2.52. The van der Waals surface area contributed by atoms with Crippen LogP contribution in [0, 0.1) is 0 Å². The molecule has 34 heavy (non-hydrogen) atoms. The Morgan fingerprint density at radius 3 is 2.53 bits per heavy atom. The lowest BCUT2D eigenvalue weighted by atomic mass is 9.93. The van der Waals surface area contributed by atoms with Crippen molar-refractivity contribution in [2.75, 3.05) is 32.8 Å². The maximum Gasteiger partial charge on any atom is 0.411 e. The third kappa shape index (κ3) is 6.64. The second kappa shape index (κ2) is 11.1. The molecule has 0 aromatic heterocycles. The van der Waals surface area contributed by atoms with Gasteiger partial charge in [0.1, 0.15) is 29.7 Å². The highest BCUT2D eigenvalue weighted by Gasteiger charge is 2.37. The van der Waals surface area contributed by atoms with Crippen LogP contribution in [0.25, 0.3) is 0 Å². The first-order valence-electron chi connectivity index (χ1n) is 11.0. The molecule has 8 nitrogen and oxygen atoms in total. The molecule has 0 aliphatic carbocycles. The van der Waals surface area contributed by atoms with Crippen molar-refractivity contribution < 1.29 is 28.5 Å². The van der Waals surface area contributed by atoms with Crippen molar-refractivity contribution >= 4 is 33.6 Å². The molecule has 0 saturated heterocycles. The molecule has 0 spiro atoms. The van der Waals surface area contributed by atoms with E-state index in [0.29, 0.717) is 36.8 Å². The number of nitrogens with zero attached hydrogens (tertiary/aromatic N) is 1. The zero-order valence-electron chi connectivity index (χ0n) is 20.1. The molecule has 0 unspecified atom stereocenters. The molecule has 0 bridgehead atoms. The summed E-state index contributed by atoms with van der Waals surface area (Å²) in [6, 6.07) is 10.2. The molecule has 1 N–H and O–H groups in total. The molecule has 1 heterocycles. The molecule has 0 fully saturated rings. The van der Waals surface area contributed by atoms with Gasteiger partial charge < -0.3 is 24.3 Å². The molecule has 1 aliphatic heterocycles. The molecule has 1 atom stereocenters. The van der Waals surface area contributed by atoms with Crippen molar-refractivity contribution in [1.29, 1.82) is 0 Å². The van der Waals surface area contributed by atoms with Gasteiger partial charge in [-0.3, -0.25) is 9.69 Å². The molecule has 2 amide bonds. The molecule has 1 aliphatic rings. The van der Waals surface area contributed by atoms with Crippen LogP contribution in [-0.4, -0.2) is 56.0 Å². The second-order valence-corrected chi connectivity index (χ2v) is 9.85. The number of carbonyl (C=O) groups excluding carboxylic acids is 2. The van der Waals surface area contributed by atoms with Gasteiger partial charge >= 0.3 is 6.09 Å². The van der Waals surface area contributed by atoms with E-state index in [0.717, 1.165) is 15.6 Å². The van der Waals surface area contributed by atoms with E-state index in [1.807, 2.05) is 24.3 Å². The Kier molecular flexibility index (Phi) is 8.43. The van der Waals surface area contributed by atoms with Crippen molar-refractivity contribution in [2.45, 2.75) is 45.4 Å². The quantitative estimate of drug-likeness (QED) is 0.514. The number of anilines is 1. The largest absolute Gasteiger partial charge is 0.497 e. The minimum Gasteiger partial charge on any atom is -0.497 e. The number of halogens is 1. The summed E-state index contributed by atoms with van der Waals surface area (Å²) in [5, 5.41) is 2.94. The number of rotatable bonds is 7. The van der Waals surface area contributed by atoms with Crippen molar-refractivity contribution in [3.8, 4) is 11.5 Å². The van der Waals surface area contributed by atoms with E-state index < -0.39 is 17.7 Å². The van der Waals surface area contributed by atoms with Gasteiger partial charge in [0.25, 0.3) is 0 Å². The number of carbonyl (C=O) groups is 2. The summed E-state index contributed by atoms with van der Waals surface area (Å²) in [5.41, 5.74) is 1.71. The zero-order chi connectivity index (χ0) is 24.9. The Morgan fingerprint density at radius 1 is 1.09 bits per heavy atom. The highest BCUT2D eigenvalue weighted by Crippen LogP contribution is 2.32. The average molecular weight is 535 g/mol. The molecular weight excluding hydrogens is 504 g/mol. The van der Waals surface area contributed by atoms with Crippen LogP contribution in [0.3, 0.4) is 0 Å². The van der Waals surface area contributed by atoms with E-state index in [2.05, 4.69) is 21.2 Å². The van der Waals surface area contributed by atoms with Gasteiger partial charge in [-0.2, -0.15) is 0 Å². The Hall–Kier alpha value is -2.78. The number of amides is 2. The Morgan fingerprint density at radius 2 is 1.85 bits per heavy atom. The molecule has 3 rings (SSSR count). The van der Waals surface area contributed by atoms with Gasteiger partial charge in [-0.25, -0.2) is 4.79 Å². The zero-order valence-corrected chi connectivity index (χ0v) is 21.7. The Balaban J connectivity index is 1.89. The van der Waals surface area contributed by atoms with Crippen molar-refractivity contribution in [3.63, 3.8) is 0 Å². The third-order valence-corrected chi connectivity index (χ3v) is 5.71. The van der Waals surface area contributed by atoms with Crippen LogP contribution in [0.5, 0.6) is 11.5 Å². The topological polar surface area (TPSA) is 86.3 Å². The fourth-order valence-corrected chi connectivity index (χ4v) is 3.94. The minimum absolute atomic E-state index is 0.254. The molecule has 0 saturated carbocycles. The first-order chi connectivity index (χ1) is 16.1. The standard InChI is InChI=1S/C25H31BrN2O6/c1-25(2,3)34-24(30)28-15-16-6-8-19(32-5)12-17(16)13-21(28)23(29)27-20-9-7-18(26)14-22(20)33-11-10-31-4/h6-9,12,14,21H,10-11,13,15H2,1-5H3,(H,27,29)/t21-/m1/s1. The van der Waals surface area contributed by atoms with Gasteiger partial charge in [0, 0.05) is 18.0 Å². The monoisotopic (exact) mass is 534 g/mol. The van der Waals surface area contributed by atoms with Crippen LogP contribution in [0.4, 0.5) is 10.5 Å². The summed E-state index contributed by atoms with van der Waals surface area (Å²) in [7, 11) is 3.19. The lowest BCUT2D eigenvalue weighted by molar-refractivity contribution is -0.121. The SMILES string of the molecule is COCCOc1cc(Br)ccc1NC(=O)[C@H]1Cc2cc(OC)ccc2CN1C(=O)OC(C)(C)C. The summed E-state index contributed by atoms with van der Waals surface area (Å²) in [4.78, 5) is 28.0. The van der Waals surface area contributed by atoms with Gasteiger partial charge in [0.2, 0.25) is 5.91 Å². The summed E-state index contributed by atoms with van der Waals surface area (Å²) in [6.07, 6.45) is -0.213. The van der Waals surface area contributed by atoms with E-state index in [9.17, 15) is 9.59 Å². The predicted octanol–water partition coefficient (Wildman–Crippen LogP) is 4.78. The maximum absolute atomic E-state index is 13.5. The number of nitrogens with one attached hydrogen (secondary N) is 1. The molecule has 9 heteroatoms. The molecule has 2 aromatic rings. The van der Waals surface area contributed by atoms with Gasteiger partial charge in [-0.05, 0) is 62.2 Å². The number of ether oxygens (including phenoxy) is 4. The van der Waals surface area contributed by atoms with Gasteiger partial charge in [0.05, 0.1) is 25.9 Å². The first-order valence-corrected chi connectivity index (χ1v) is 11.8. The number of benzene rings is 2. The van der Waals surface area contributed by atoms with E-state index in [1.165, 1.54) is 4.90 Å². The van der Waals surface area contributed by atoms with Gasteiger partial charge in [-0.15, -0.1) is 0 Å². The normalized spacial score (nSPS) is 15.4. The predicted molar refractivity (Wildman–Crippen MR) is 132 cm³/mol. The van der Waals surface area contributed by atoms with E-state index in [4.69, 9.17) is 18.9 Å². The minimum atomic E-state index is -0.773. The second-order valence-electron chi connectivity index (χ2n) is 8.93. The van der Waals surface area contributed by atoms with Gasteiger partial charge in [0.15, 0.2) is 0 Å². The fraction of sp³-hybridized carbons (Fsp3) is 0.440. The fourth-order valence-electron chi connectivity index (χ4n) is 3.60. The number of methoxy groups -OCH3 is 2. The van der Waals surface area contributed by atoms with Crippen LogP contribution >= 0.6 is 15.9 Å². The number of fused-ring (bicyclic) bond motifs is 1. The summed E-state index contributed by atoms with van der Waals surface area (Å²) in [5.74, 6) is 0.866. The number of hydrogen-bond donors (Lipinski definition) is 1. The van der Waals surface area contributed by atoms with Crippen LogP contribution in [-0.2, 0) is 27.2 Å². The van der Waals surface area contributed by atoms with Crippen molar-refractivity contribution in [3.05, 3.63) is 52.0 Å². The van der Waals surface area contributed by atoms with Crippen LogP contribution in [0.2, 0.25) is 0 Å². The molecule has 2 aromatic carbocycles. The average Bonchev–Trinajstić information content (AvgIpc) is 2.78. The molecular formula is C25H31BrN2O6. The van der Waals surface area contributed by atoms with Crippen molar-refractivity contribution in [2.24, 2.45) is 0 Å². The summed E-state index contributed by atoms with van der Waals surface area (Å²) >= 11 is 3.43. The molecule has 184 valence electrons. The maximum atomic E-state index is 13.5. The summed E-state index contributed by atoms with van der Waals surface area (Å²) < 4.78 is 22.6. The van der Waals surface area contributed by atoms with Crippen LogP contribution in [0.1, 0.15) is 31.9 Å². The lowest BCUT2D eigenvalue weighted by Gasteiger charge is -2.37. The Labute approximate surface area is 208 Å². The summed E-state index contributed by atoms with van der Waals surface area (Å²) in [6.45, 7) is 6.39. The van der Waals surface area contributed by atoms with Crippen LogP contribution < -0.4 is 14.8 Å². The Bertz CT molecular complexity index is 1040. The van der Waals surface area contributed by atoms with E-state index >= 15 is 0 Å². The smallest absolute Gasteiger partial charge is 0.411 e.